The number of pyridine rings is 1. The minimum atomic E-state index is -4.52. The van der Waals surface area contributed by atoms with E-state index in [0.29, 0.717) is 18.4 Å². The molecule has 1 aromatic heterocycles. The monoisotopic (exact) mass is 389 g/mol. The molecule has 0 bridgehead atoms. The molecule has 0 spiro atoms. The Morgan fingerprint density at radius 3 is 2.50 bits per heavy atom. The van der Waals surface area contributed by atoms with E-state index in [4.69, 9.17) is 26.2 Å². The lowest BCUT2D eigenvalue weighted by Gasteiger charge is -2.11. The minimum absolute atomic E-state index is 0.0742. The van der Waals surface area contributed by atoms with Crippen LogP contribution in [-0.2, 0) is 17.4 Å². The molecule has 9 heteroatoms. The normalized spacial score (nSPS) is 12.5. The molecule has 1 aromatic carbocycles. The molecule has 1 atom stereocenters. The number of halogens is 4. The topological polar surface area (TPSA) is 68.7 Å². The van der Waals surface area contributed by atoms with Crippen LogP contribution in [0.1, 0.15) is 18.1 Å². The smallest absolute Gasteiger partial charge is 0.417 e. The molecule has 1 unspecified atom stereocenters. The lowest BCUT2D eigenvalue weighted by Crippen LogP contribution is -2.22. The fourth-order valence-electron chi connectivity index (χ4n) is 1.94. The number of nitrogens with zero attached hydrogens (tertiary/aromatic N) is 1. The van der Waals surface area contributed by atoms with Crippen LogP contribution in [0.5, 0.6) is 11.6 Å². The molecule has 0 fully saturated rings. The third-order valence-corrected chi connectivity index (χ3v) is 3.62. The van der Waals surface area contributed by atoms with Crippen LogP contribution in [0.25, 0.3) is 0 Å². The Hall–Kier alpha value is -2.48. The number of hydrogen-bond donors (Lipinski definition) is 1. The number of benzene rings is 1. The molecule has 0 aliphatic heterocycles. The van der Waals surface area contributed by atoms with Crippen molar-refractivity contribution in [2.45, 2.75) is 25.6 Å². The average molecular weight is 390 g/mol. The van der Waals surface area contributed by atoms with Gasteiger partial charge in [0.2, 0.25) is 5.88 Å². The predicted molar refractivity (Wildman–Crippen MR) is 87.6 cm³/mol. The summed E-state index contributed by atoms with van der Waals surface area (Å²) in [7, 11) is 0. The Morgan fingerprint density at radius 1 is 1.31 bits per heavy atom. The number of rotatable bonds is 7. The molecule has 2 rings (SSSR count). The Labute approximate surface area is 152 Å². The standard InChI is InChI=1S/C17H15ClF3NO4/c1-10(16(23)24)26-13-4-2-11(3-5-13)6-7-25-15-14(18)8-12(9-22-15)17(19,20)21/h2-5,8-10H,6-7H2,1H3,(H,23,24). The van der Waals surface area contributed by atoms with Gasteiger partial charge in [-0.3, -0.25) is 0 Å². The maximum Gasteiger partial charge on any atom is 0.417 e. The molecule has 1 N–H and O–H groups in total. The first-order valence-electron chi connectivity index (χ1n) is 7.51. The van der Waals surface area contributed by atoms with E-state index in [2.05, 4.69) is 4.98 Å². The molecule has 0 aliphatic carbocycles. The molecule has 2 aromatic rings. The van der Waals surface area contributed by atoms with Crippen LogP contribution in [0, 0.1) is 0 Å². The predicted octanol–water partition coefficient (Wildman–Crippen LogP) is 4.23. The molecule has 0 saturated heterocycles. The third kappa shape index (κ3) is 5.52. The van der Waals surface area contributed by atoms with E-state index in [-0.39, 0.29) is 17.5 Å². The van der Waals surface area contributed by atoms with Crippen LogP contribution in [0.4, 0.5) is 13.2 Å². The van der Waals surface area contributed by atoms with E-state index in [1.807, 2.05) is 0 Å². The van der Waals surface area contributed by atoms with Crippen LogP contribution in [0.2, 0.25) is 5.02 Å². The summed E-state index contributed by atoms with van der Waals surface area (Å²) in [5.74, 6) is -0.727. The molecule has 1 heterocycles. The van der Waals surface area contributed by atoms with E-state index in [1.165, 1.54) is 6.92 Å². The van der Waals surface area contributed by atoms with Crippen molar-refractivity contribution in [3.63, 3.8) is 0 Å². The van der Waals surface area contributed by atoms with Gasteiger partial charge >= 0.3 is 12.1 Å². The highest BCUT2D eigenvalue weighted by molar-refractivity contribution is 6.31. The number of carbonyl (C=O) groups is 1. The van der Waals surface area contributed by atoms with Crippen molar-refractivity contribution in [3.8, 4) is 11.6 Å². The first kappa shape index (κ1) is 19.8. The van der Waals surface area contributed by atoms with E-state index < -0.39 is 23.8 Å². The summed E-state index contributed by atoms with van der Waals surface area (Å²) in [5, 5.41) is 8.57. The van der Waals surface area contributed by atoms with E-state index in [0.717, 1.165) is 11.6 Å². The summed E-state index contributed by atoms with van der Waals surface area (Å²) in [6.45, 7) is 1.58. The van der Waals surface area contributed by atoms with Crippen molar-refractivity contribution >= 4 is 17.6 Å². The maximum atomic E-state index is 12.5. The zero-order chi connectivity index (χ0) is 19.3. The molecule has 140 valence electrons. The summed E-state index contributed by atoms with van der Waals surface area (Å²) in [5.41, 5.74) is -0.0793. The zero-order valence-corrected chi connectivity index (χ0v) is 14.3. The van der Waals surface area contributed by atoms with Gasteiger partial charge in [-0.15, -0.1) is 0 Å². The van der Waals surface area contributed by atoms with Crippen molar-refractivity contribution in [2.75, 3.05) is 6.61 Å². The largest absolute Gasteiger partial charge is 0.479 e. The first-order valence-corrected chi connectivity index (χ1v) is 7.88. The van der Waals surface area contributed by atoms with Gasteiger partial charge in [-0.2, -0.15) is 13.2 Å². The highest BCUT2D eigenvalue weighted by Gasteiger charge is 2.31. The summed E-state index contributed by atoms with van der Waals surface area (Å²) >= 11 is 5.76. The van der Waals surface area contributed by atoms with Crippen LogP contribution >= 0.6 is 11.6 Å². The molecule has 26 heavy (non-hydrogen) atoms. The number of carboxylic acids is 1. The SMILES string of the molecule is CC(Oc1ccc(CCOc2ncc(C(F)(F)F)cc2Cl)cc1)C(=O)O. The zero-order valence-electron chi connectivity index (χ0n) is 13.6. The fraction of sp³-hybridized carbons (Fsp3) is 0.294. The van der Waals surface area contributed by atoms with Crippen LogP contribution in [0.3, 0.4) is 0 Å². The lowest BCUT2D eigenvalue weighted by atomic mass is 10.1. The summed E-state index contributed by atoms with van der Waals surface area (Å²) in [6, 6.07) is 7.47. The van der Waals surface area contributed by atoms with Gasteiger partial charge in [0.25, 0.3) is 0 Å². The first-order chi connectivity index (χ1) is 12.2. The molecule has 0 saturated carbocycles. The van der Waals surface area contributed by atoms with Gasteiger partial charge in [0, 0.05) is 12.6 Å². The van der Waals surface area contributed by atoms with Gasteiger partial charge in [0.1, 0.15) is 10.8 Å². The summed E-state index contributed by atoms with van der Waals surface area (Å²) in [4.78, 5) is 14.3. The van der Waals surface area contributed by atoms with Crippen LogP contribution in [-0.4, -0.2) is 28.8 Å². The number of ether oxygens (including phenoxy) is 2. The van der Waals surface area contributed by atoms with Crippen molar-refractivity contribution in [3.05, 3.63) is 52.7 Å². The van der Waals surface area contributed by atoms with Gasteiger partial charge in [0.15, 0.2) is 6.10 Å². The lowest BCUT2D eigenvalue weighted by molar-refractivity contribution is -0.144. The molecular weight excluding hydrogens is 375 g/mol. The Bertz CT molecular complexity index is 766. The number of alkyl halides is 3. The summed E-state index contributed by atoms with van der Waals surface area (Å²) in [6.07, 6.45) is -4.36. The molecule has 0 aliphatic rings. The number of aromatic nitrogens is 1. The van der Waals surface area contributed by atoms with Crippen LogP contribution < -0.4 is 9.47 Å². The van der Waals surface area contributed by atoms with Gasteiger partial charge in [0.05, 0.1) is 12.2 Å². The van der Waals surface area contributed by atoms with E-state index in [9.17, 15) is 18.0 Å². The molecule has 0 radical (unpaired) electrons. The van der Waals surface area contributed by atoms with Gasteiger partial charge in [-0.05, 0) is 30.7 Å². The molecule has 0 amide bonds. The van der Waals surface area contributed by atoms with E-state index in [1.54, 1.807) is 24.3 Å². The van der Waals surface area contributed by atoms with E-state index >= 15 is 0 Å². The second-order valence-corrected chi connectivity index (χ2v) is 5.76. The Kier molecular flexibility index (Phi) is 6.31. The van der Waals surface area contributed by atoms with Gasteiger partial charge in [-0.25, -0.2) is 9.78 Å². The van der Waals surface area contributed by atoms with Crippen molar-refractivity contribution < 1.29 is 32.5 Å². The highest BCUT2D eigenvalue weighted by Crippen LogP contribution is 2.33. The number of aliphatic carboxylic acids is 1. The van der Waals surface area contributed by atoms with Crippen molar-refractivity contribution in [2.24, 2.45) is 0 Å². The number of hydrogen-bond acceptors (Lipinski definition) is 4. The van der Waals surface area contributed by atoms with Gasteiger partial charge < -0.3 is 14.6 Å². The second kappa shape index (κ2) is 8.27. The second-order valence-electron chi connectivity index (χ2n) is 5.35. The van der Waals surface area contributed by atoms with Crippen molar-refractivity contribution in [1.82, 2.24) is 4.98 Å². The van der Waals surface area contributed by atoms with Crippen molar-refractivity contribution in [1.29, 1.82) is 0 Å². The third-order valence-electron chi connectivity index (χ3n) is 3.35. The minimum Gasteiger partial charge on any atom is -0.479 e. The summed E-state index contributed by atoms with van der Waals surface area (Å²) < 4.78 is 48.2. The van der Waals surface area contributed by atoms with Gasteiger partial charge in [-0.1, -0.05) is 23.7 Å². The quantitative estimate of drug-likeness (QED) is 0.767. The van der Waals surface area contributed by atoms with Crippen LogP contribution in [0.15, 0.2) is 36.5 Å². The Morgan fingerprint density at radius 2 is 1.96 bits per heavy atom. The highest BCUT2D eigenvalue weighted by atomic mass is 35.5. The number of carboxylic acid groups (broad SMARTS) is 1. The Balaban J connectivity index is 1.89. The molecular formula is C17H15ClF3NO4. The fourth-order valence-corrected chi connectivity index (χ4v) is 2.16. The maximum absolute atomic E-state index is 12.5. The average Bonchev–Trinajstić information content (AvgIpc) is 2.56. The molecule has 5 nitrogen and oxygen atoms in total.